The monoisotopic (exact) mass is 230 g/mol. The second-order valence-electron chi connectivity index (χ2n) is 3.98. The van der Waals surface area contributed by atoms with Gasteiger partial charge in [-0.15, -0.1) is 0 Å². The number of alkyl halides is 3. The van der Waals surface area contributed by atoms with Gasteiger partial charge in [0.25, 0.3) is 0 Å². The molecule has 0 aliphatic rings. The molecule has 16 heavy (non-hydrogen) atoms. The van der Waals surface area contributed by atoms with Crippen molar-refractivity contribution in [1.29, 1.82) is 0 Å². The molecule has 0 saturated heterocycles. The molecule has 1 rings (SSSR count). The minimum absolute atomic E-state index is 0.0856. The van der Waals surface area contributed by atoms with Crippen molar-refractivity contribution in [1.82, 2.24) is 0 Å². The highest BCUT2D eigenvalue weighted by molar-refractivity contribution is 5.96. The van der Waals surface area contributed by atoms with E-state index in [-0.39, 0.29) is 22.8 Å². The Bertz CT molecular complexity index is 405. The lowest BCUT2D eigenvalue weighted by Gasteiger charge is -2.18. The molecule has 0 N–H and O–H groups in total. The lowest BCUT2D eigenvalue weighted by Crippen LogP contribution is -2.13. The van der Waals surface area contributed by atoms with Gasteiger partial charge in [0, 0.05) is 5.56 Å². The zero-order valence-corrected chi connectivity index (χ0v) is 9.35. The molecule has 0 saturated carbocycles. The third-order valence-electron chi connectivity index (χ3n) is 2.37. The van der Waals surface area contributed by atoms with Crippen LogP contribution in [0.4, 0.5) is 13.2 Å². The van der Waals surface area contributed by atoms with Gasteiger partial charge in [-0.25, -0.2) is 0 Å². The molecule has 0 radical (unpaired) electrons. The van der Waals surface area contributed by atoms with Crippen LogP contribution >= 0.6 is 0 Å². The van der Waals surface area contributed by atoms with Crippen molar-refractivity contribution in [2.24, 2.45) is 0 Å². The molecule has 1 aromatic carbocycles. The largest absolute Gasteiger partial charge is 0.416 e. The van der Waals surface area contributed by atoms with Gasteiger partial charge in [-0.05, 0) is 24.5 Å². The van der Waals surface area contributed by atoms with E-state index < -0.39 is 11.7 Å². The summed E-state index contributed by atoms with van der Waals surface area (Å²) in [6.07, 6.45) is -4.41. The first-order valence-corrected chi connectivity index (χ1v) is 4.96. The Morgan fingerprint density at radius 1 is 1.25 bits per heavy atom. The molecule has 0 aliphatic carbocycles. The molecule has 0 bridgehead atoms. The fraction of sp³-hybridized carbons (Fsp3) is 0.417. The maximum Gasteiger partial charge on any atom is 0.416 e. The zero-order valence-electron chi connectivity index (χ0n) is 9.35. The van der Waals surface area contributed by atoms with Gasteiger partial charge < -0.3 is 0 Å². The van der Waals surface area contributed by atoms with E-state index in [1.807, 2.05) is 0 Å². The minimum Gasteiger partial charge on any atom is -0.295 e. The van der Waals surface area contributed by atoms with E-state index in [1.165, 1.54) is 19.1 Å². The van der Waals surface area contributed by atoms with Gasteiger partial charge in [-0.3, -0.25) is 4.79 Å². The Morgan fingerprint density at radius 2 is 1.81 bits per heavy atom. The Morgan fingerprint density at radius 3 is 2.19 bits per heavy atom. The average Bonchev–Trinajstić information content (AvgIpc) is 2.14. The molecule has 4 heteroatoms. The molecule has 0 fully saturated rings. The normalized spacial score (nSPS) is 11.9. The molecule has 1 nitrogen and oxygen atoms in total. The van der Waals surface area contributed by atoms with Crippen LogP contribution in [-0.2, 0) is 6.18 Å². The van der Waals surface area contributed by atoms with Gasteiger partial charge >= 0.3 is 6.18 Å². The van der Waals surface area contributed by atoms with Crippen molar-refractivity contribution in [2.45, 2.75) is 32.9 Å². The van der Waals surface area contributed by atoms with Crippen LogP contribution in [-0.4, -0.2) is 5.78 Å². The van der Waals surface area contributed by atoms with Crippen molar-refractivity contribution in [3.63, 3.8) is 0 Å². The molecule has 0 spiro atoms. The summed E-state index contributed by atoms with van der Waals surface area (Å²) in [5.74, 6) is -0.675. The Kier molecular flexibility index (Phi) is 3.41. The number of hydrogen-bond donors (Lipinski definition) is 0. The number of ketones is 1. The van der Waals surface area contributed by atoms with Crippen molar-refractivity contribution in [3.8, 4) is 0 Å². The van der Waals surface area contributed by atoms with E-state index in [4.69, 9.17) is 0 Å². The molecule has 0 unspecified atom stereocenters. The molecule has 0 aromatic heterocycles. The fourth-order valence-electron chi connectivity index (χ4n) is 1.74. The SMILES string of the molecule is CC(=O)c1cccc(C(F)(F)F)c1C(C)C. The number of benzene rings is 1. The molecular formula is C12H13F3O. The smallest absolute Gasteiger partial charge is 0.295 e. The van der Waals surface area contributed by atoms with Crippen molar-refractivity contribution in [3.05, 3.63) is 34.9 Å². The average molecular weight is 230 g/mol. The Hall–Kier alpha value is -1.32. The quantitative estimate of drug-likeness (QED) is 0.701. The van der Waals surface area contributed by atoms with Gasteiger partial charge in [0.15, 0.2) is 5.78 Å². The third kappa shape index (κ3) is 2.43. The van der Waals surface area contributed by atoms with Crippen LogP contribution in [0.2, 0.25) is 0 Å². The first-order valence-electron chi connectivity index (χ1n) is 4.96. The summed E-state index contributed by atoms with van der Waals surface area (Å²) in [5.41, 5.74) is -0.470. The van der Waals surface area contributed by atoms with E-state index >= 15 is 0 Å². The van der Waals surface area contributed by atoms with Crippen LogP contribution in [0.15, 0.2) is 18.2 Å². The van der Waals surface area contributed by atoms with Gasteiger partial charge in [0.05, 0.1) is 5.56 Å². The maximum atomic E-state index is 12.7. The van der Waals surface area contributed by atoms with E-state index in [1.54, 1.807) is 13.8 Å². The highest BCUT2D eigenvalue weighted by Crippen LogP contribution is 2.36. The predicted octanol–water partition coefficient (Wildman–Crippen LogP) is 4.03. The molecule has 1 aromatic rings. The summed E-state index contributed by atoms with van der Waals surface area (Å²) in [5, 5.41) is 0. The number of carbonyl (C=O) groups excluding carboxylic acids is 1. The Balaban J connectivity index is 3.51. The number of halogens is 3. The Labute approximate surface area is 92.3 Å². The fourth-order valence-corrected chi connectivity index (χ4v) is 1.74. The molecule has 0 heterocycles. The van der Waals surface area contributed by atoms with Crippen LogP contribution in [0, 0.1) is 0 Å². The van der Waals surface area contributed by atoms with Crippen LogP contribution in [0.25, 0.3) is 0 Å². The third-order valence-corrected chi connectivity index (χ3v) is 2.37. The molecule has 0 atom stereocenters. The van der Waals surface area contributed by atoms with E-state index in [0.29, 0.717) is 0 Å². The van der Waals surface area contributed by atoms with Gasteiger partial charge in [-0.2, -0.15) is 13.2 Å². The molecule has 0 aliphatic heterocycles. The topological polar surface area (TPSA) is 17.1 Å². The summed E-state index contributed by atoms with van der Waals surface area (Å²) in [7, 11) is 0. The molecule has 0 amide bonds. The summed E-state index contributed by atoms with van der Waals surface area (Å²) in [4.78, 5) is 11.3. The van der Waals surface area contributed by atoms with Crippen LogP contribution in [0.3, 0.4) is 0 Å². The van der Waals surface area contributed by atoms with Crippen molar-refractivity contribution < 1.29 is 18.0 Å². The van der Waals surface area contributed by atoms with Crippen LogP contribution in [0.5, 0.6) is 0 Å². The standard InChI is InChI=1S/C12H13F3O/c1-7(2)11-9(8(3)16)5-4-6-10(11)12(13,14)15/h4-7H,1-3H3. The van der Waals surface area contributed by atoms with Crippen LogP contribution in [0.1, 0.15) is 48.2 Å². The predicted molar refractivity (Wildman–Crippen MR) is 55.5 cm³/mol. The molecule has 88 valence electrons. The summed E-state index contributed by atoms with van der Waals surface area (Å²) in [6, 6.07) is 3.72. The number of carbonyl (C=O) groups is 1. The first kappa shape index (κ1) is 12.7. The highest BCUT2D eigenvalue weighted by Gasteiger charge is 2.35. The summed E-state index contributed by atoms with van der Waals surface area (Å²) >= 11 is 0. The lowest BCUT2D eigenvalue weighted by molar-refractivity contribution is -0.138. The zero-order chi connectivity index (χ0) is 12.5. The second kappa shape index (κ2) is 4.28. The number of Topliss-reactive ketones (excluding diaryl/α,β-unsaturated/α-hetero) is 1. The summed E-state index contributed by atoms with van der Waals surface area (Å²) in [6.45, 7) is 4.58. The van der Waals surface area contributed by atoms with E-state index in [0.717, 1.165) is 6.07 Å². The minimum atomic E-state index is -4.41. The van der Waals surface area contributed by atoms with Gasteiger partial charge in [-0.1, -0.05) is 26.0 Å². The van der Waals surface area contributed by atoms with Crippen molar-refractivity contribution in [2.75, 3.05) is 0 Å². The maximum absolute atomic E-state index is 12.7. The lowest BCUT2D eigenvalue weighted by atomic mass is 9.90. The first-order chi connectivity index (χ1) is 7.25. The van der Waals surface area contributed by atoms with E-state index in [2.05, 4.69) is 0 Å². The van der Waals surface area contributed by atoms with Crippen molar-refractivity contribution >= 4 is 5.78 Å². The molecular weight excluding hydrogens is 217 g/mol. The van der Waals surface area contributed by atoms with Gasteiger partial charge in [0.2, 0.25) is 0 Å². The number of rotatable bonds is 2. The highest BCUT2D eigenvalue weighted by atomic mass is 19.4. The second-order valence-corrected chi connectivity index (χ2v) is 3.98. The number of hydrogen-bond acceptors (Lipinski definition) is 1. The summed E-state index contributed by atoms with van der Waals surface area (Å²) < 4.78 is 38.2. The van der Waals surface area contributed by atoms with E-state index in [9.17, 15) is 18.0 Å². The van der Waals surface area contributed by atoms with Crippen LogP contribution < -0.4 is 0 Å². The van der Waals surface area contributed by atoms with Gasteiger partial charge in [0.1, 0.15) is 0 Å².